The first-order valence-electron chi connectivity index (χ1n) is 5.09. The third kappa shape index (κ3) is 2.45. The molecular formula is C11H11N3O3S. The van der Waals surface area contributed by atoms with Gasteiger partial charge in [-0.25, -0.2) is 14.7 Å². The smallest absolute Gasteiger partial charge is 0.343 e. The molecule has 0 aliphatic rings. The molecule has 94 valence electrons. The number of carbonyl (C=O) groups excluding carboxylic acids is 1. The Morgan fingerprint density at radius 1 is 1.39 bits per heavy atom. The van der Waals surface area contributed by atoms with Crippen LogP contribution in [0.2, 0.25) is 0 Å². The van der Waals surface area contributed by atoms with Crippen LogP contribution in [0.3, 0.4) is 0 Å². The molecule has 0 saturated carbocycles. The van der Waals surface area contributed by atoms with Gasteiger partial charge in [0.05, 0.1) is 12.7 Å². The average molecular weight is 265 g/mol. The van der Waals surface area contributed by atoms with Crippen molar-refractivity contribution in [2.24, 2.45) is 7.05 Å². The highest BCUT2D eigenvalue weighted by molar-refractivity contribution is 7.99. The molecule has 6 nitrogen and oxygen atoms in total. The first-order chi connectivity index (χ1) is 8.61. The number of nitrogens with zero attached hydrogens (tertiary/aromatic N) is 2. The molecule has 18 heavy (non-hydrogen) atoms. The number of aromatic amines is 1. The van der Waals surface area contributed by atoms with Gasteiger partial charge in [-0.3, -0.25) is 4.57 Å². The number of nitrogens with one attached hydrogen (secondary N) is 1. The maximum atomic E-state index is 11.2. The zero-order chi connectivity index (χ0) is 13.1. The SMILES string of the molecule is COC(=O)c1ccc(Sc2n[nH]c(=O)n2C)cc1. The molecule has 7 heteroatoms. The van der Waals surface area contributed by atoms with Crippen molar-refractivity contribution in [3.8, 4) is 0 Å². The number of esters is 1. The van der Waals surface area contributed by atoms with Crippen molar-refractivity contribution in [2.75, 3.05) is 7.11 Å². The van der Waals surface area contributed by atoms with E-state index in [-0.39, 0.29) is 11.7 Å². The molecule has 0 aliphatic carbocycles. The normalized spacial score (nSPS) is 10.3. The van der Waals surface area contributed by atoms with E-state index in [4.69, 9.17) is 0 Å². The minimum Gasteiger partial charge on any atom is -0.465 e. The maximum absolute atomic E-state index is 11.2. The summed E-state index contributed by atoms with van der Waals surface area (Å²) in [6.07, 6.45) is 0. The average Bonchev–Trinajstić information content (AvgIpc) is 2.71. The lowest BCUT2D eigenvalue weighted by Gasteiger charge is -2.02. The van der Waals surface area contributed by atoms with Crippen LogP contribution in [0.4, 0.5) is 0 Å². The minimum atomic E-state index is -0.376. The summed E-state index contributed by atoms with van der Waals surface area (Å²) in [5, 5.41) is 6.80. The van der Waals surface area contributed by atoms with E-state index >= 15 is 0 Å². The van der Waals surface area contributed by atoms with Gasteiger partial charge in [0, 0.05) is 11.9 Å². The van der Waals surface area contributed by atoms with E-state index in [9.17, 15) is 9.59 Å². The standard InChI is InChI=1S/C11H11N3O3S/c1-14-10(16)12-13-11(14)18-8-5-3-7(4-6-8)9(15)17-2/h3-6H,1-2H3,(H,12,16). The summed E-state index contributed by atoms with van der Waals surface area (Å²) < 4.78 is 6.02. The van der Waals surface area contributed by atoms with Crippen molar-refractivity contribution in [3.63, 3.8) is 0 Å². The second-order valence-electron chi connectivity index (χ2n) is 3.49. The van der Waals surface area contributed by atoms with Gasteiger partial charge in [0.15, 0.2) is 5.16 Å². The van der Waals surface area contributed by atoms with Crippen molar-refractivity contribution in [2.45, 2.75) is 10.1 Å². The number of rotatable bonds is 3. The van der Waals surface area contributed by atoms with E-state index in [1.54, 1.807) is 31.3 Å². The molecular weight excluding hydrogens is 254 g/mol. The van der Waals surface area contributed by atoms with Crippen molar-refractivity contribution in [1.29, 1.82) is 0 Å². The summed E-state index contributed by atoms with van der Waals surface area (Å²) in [5.41, 5.74) is 0.224. The van der Waals surface area contributed by atoms with Crippen molar-refractivity contribution < 1.29 is 9.53 Å². The van der Waals surface area contributed by atoms with Crippen LogP contribution in [0.1, 0.15) is 10.4 Å². The topological polar surface area (TPSA) is 77.0 Å². The lowest BCUT2D eigenvalue weighted by molar-refractivity contribution is 0.0600. The molecule has 0 spiro atoms. The summed E-state index contributed by atoms with van der Waals surface area (Å²) in [7, 11) is 2.97. The Bertz CT molecular complexity index is 615. The lowest BCUT2D eigenvalue weighted by Crippen LogP contribution is -2.12. The number of aromatic nitrogens is 3. The highest BCUT2D eigenvalue weighted by Gasteiger charge is 2.08. The molecule has 0 fully saturated rings. The number of ether oxygens (including phenoxy) is 1. The van der Waals surface area contributed by atoms with Gasteiger partial charge in [-0.1, -0.05) is 0 Å². The van der Waals surface area contributed by atoms with Gasteiger partial charge < -0.3 is 4.74 Å². The highest BCUT2D eigenvalue weighted by atomic mass is 32.2. The summed E-state index contributed by atoms with van der Waals surface area (Å²) >= 11 is 1.33. The first-order valence-corrected chi connectivity index (χ1v) is 5.91. The van der Waals surface area contributed by atoms with E-state index < -0.39 is 0 Å². The van der Waals surface area contributed by atoms with Crippen LogP contribution in [0, 0.1) is 0 Å². The Morgan fingerprint density at radius 3 is 2.56 bits per heavy atom. The summed E-state index contributed by atoms with van der Waals surface area (Å²) in [5.74, 6) is -0.376. The minimum absolute atomic E-state index is 0.260. The molecule has 0 radical (unpaired) electrons. The lowest BCUT2D eigenvalue weighted by atomic mass is 10.2. The summed E-state index contributed by atoms with van der Waals surface area (Å²) in [6.45, 7) is 0. The Labute approximate surface area is 107 Å². The van der Waals surface area contributed by atoms with Crippen LogP contribution < -0.4 is 5.69 Å². The summed E-state index contributed by atoms with van der Waals surface area (Å²) in [4.78, 5) is 23.3. The fourth-order valence-corrected chi connectivity index (χ4v) is 2.10. The molecule has 0 unspecified atom stereocenters. The van der Waals surface area contributed by atoms with Gasteiger partial charge in [-0.05, 0) is 36.0 Å². The second kappa shape index (κ2) is 5.09. The molecule has 1 aromatic carbocycles. The largest absolute Gasteiger partial charge is 0.465 e. The van der Waals surface area contributed by atoms with Crippen LogP contribution in [0.25, 0.3) is 0 Å². The van der Waals surface area contributed by atoms with Gasteiger partial charge in [0.25, 0.3) is 0 Å². The number of methoxy groups -OCH3 is 1. The van der Waals surface area contributed by atoms with Gasteiger partial charge in [-0.15, -0.1) is 5.10 Å². The van der Waals surface area contributed by atoms with Crippen LogP contribution >= 0.6 is 11.8 Å². The van der Waals surface area contributed by atoms with Crippen molar-refractivity contribution >= 4 is 17.7 Å². The quantitative estimate of drug-likeness (QED) is 0.839. The molecule has 0 aliphatic heterocycles. The van der Waals surface area contributed by atoms with E-state index in [1.165, 1.54) is 23.4 Å². The number of H-pyrrole nitrogens is 1. The molecule has 0 bridgehead atoms. The molecule has 1 N–H and O–H groups in total. The van der Waals surface area contributed by atoms with Crippen molar-refractivity contribution in [1.82, 2.24) is 14.8 Å². The van der Waals surface area contributed by atoms with Crippen LogP contribution in [0.15, 0.2) is 39.1 Å². The zero-order valence-corrected chi connectivity index (χ0v) is 10.7. The fourth-order valence-electron chi connectivity index (χ4n) is 1.31. The molecule has 0 amide bonds. The molecule has 2 rings (SSSR count). The van der Waals surface area contributed by atoms with Crippen LogP contribution in [-0.4, -0.2) is 27.8 Å². The molecule has 1 heterocycles. The van der Waals surface area contributed by atoms with E-state index in [2.05, 4.69) is 14.9 Å². The number of hydrogen-bond acceptors (Lipinski definition) is 5. The fraction of sp³-hybridized carbons (Fsp3) is 0.182. The number of benzene rings is 1. The monoisotopic (exact) mass is 265 g/mol. The molecule has 1 aromatic heterocycles. The third-order valence-corrected chi connectivity index (χ3v) is 3.38. The predicted molar refractivity (Wildman–Crippen MR) is 65.7 cm³/mol. The van der Waals surface area contributed by atoms with Gasteiger partial charge in [0.1, 0.15) is 0 Å². The maximum Gasteiger partial charge on any atom is 0.343 e. The molecule has 2 aromatic rings. The van der Waals surface area contributed by atoms with Crippen LogP contribution in [-0.2, 0) is 11.8 Å². The van der Waals surface area contributed by atoms with Gasteiger partial charge in [-0.2, -0.15) is 0 Å². The Morgan fingerprint density at radius 2 is 2.06 bits per heavy atom. The molecule has 0 atom stereocenters. The van der Waals surface area contributed by atoms with E-state index in [0.717, 1.165) is 4.90 Å². The van der Waals surface area contributed by atoms with Crippen LogP contribution in [0.5, 0.6) is 0 Å². The first kappa shape index (κ1) is 12.4. The predicted octanol–water partition coefficient (Wildman–Crippen LogP) is 1.05. The van der Waals surface area contributed by atoms with Crippen molar-refractivity contribution in [3.05, 3.63) is 40.3 Å². The van der Waals surface area contributed by atoms with E-state index in [0.29, 0.717) is 10.7 Å². The second-order valence-corrected chi connectivity index (χ2v) is 4.53. The number of carbonyl (C=O) groups is 1. The Balaban J connectivity index is 2.18. The summed E-state index contributed by atoms with van der Waals surface area (Å²) in [6, 6.07) is 6.88. The number of hydrogen-bond donors (Lipinski definition) is 1. The van der Waals surface area contributed by atoms with E-state index in [1.807, 2.05) is 0 Å². The Hall–Kier alpha value is -2.02. The zero-order valence-electron chi connectivity index (χ0n) is 9.84. The van der Waals surface area contributed by atoms with Gasteiger partial charge >= 0.3 is 11.7 Å². The Kier molecular flexibility index (Phi) is 3.52. The highest BCUT2D eigenvalue weighted by Crippen LogP contribution is 2.24. The van der Waals surface area contributed by atoms with Gasteiger partial charge in [0.2, 0.25) is 0 Å². The third-order valence-electron chi connectivity index (χ3n) is 2.32. The molecule has 0 saturated heterocycles.